The molecule has 5 rings (SSSR count). The summed E-state index contributed by atoms with van der Waals surface area (Å²) >= 11 is 2.80. The number of hydrogen-bond acceptors (Lipinski definition) is 7. The van der Waals surface area contributed by atoms with E-state index < -0.39 is 17.7 Å². The summed E-state index contributed by atoms with van der Waals surface area (Å²) in [5.74, 6) is -1.04. The number of aliphatic hydroxyl groups is 1. The Balaban J connectivity index is 1.63. The SMILES string of the molecule is CCCCOc1cccc(C(O)=C2C(=O)C(=O)N(c3nc4c(C)cc(C)cc4s3)C2c2cccs2)c1. The summed E-state index contributed by atoms with van der Waals surface area (Å²) in [4.78, 5) is 33.7. The number of amides is 1. The van der Waals surface area contributed by atoms with Gasteiger partial charge < -0.3 is 9.84 Å². The van der Waals surface area contributed by atoms with Gasteiger partial charge in [-0.2, -0.15) is 0 Å². The number of unbranched alkanes of at least 4 members (excludes halogenated alkanes) is 1. The van der Waals surface area contributed by atoms with Crippen LogP contribution in [-0.2, 0) is 9.59 Å². The summed E-state index contributed by atoms with van der Waals surface area (Å²) in [6.45, 7) is 6.66. The number of carbonyl (C=O) groups is 2. The molecule has 0 aliphatic carbocycles. The van der Waals surface area contributed by atoms with E-state index in [-0.39, 0.29) is 11.3 Å². The topological polar surface area (TPSA) is 79.7 Å². The second kappa shape index (κ2) is 9.87. The molecule has 184 valence electrons. The maximum absolute atomic E-state index is 13.4. The minimum absolute atomic E-state index is 0.0558. The Hall–Kier alpha value is -3.49. The molecule has 4 aromatic rings. The maximum Gasteiger partial charge on any atom is 0.301 e. The van der Waals surface area contributed by atoms with Crippen LogP contribution in [0.3, 0.4) is 0 Å². The van der Waals surface area contributed by atoms with Gasteiger partial charge in [0.05, 0.1) is 22.4 Å². The van der Waals surface area contributed by atoms with Crippen molar-refractivity contribution in [3.05, 3.63) is 81.1 Å². The molecular formula is C28H26N2O4S2. The lowest BCUT2D eigenvalue weighted by molar-refractivity contribution is -0.132. The second-order valence-corrected chi connectivity index (χ2v) is 10.8. The number of benzene rings is 2. The normalized spacial score (nSPS) is 17.3. The molecule has 0 radical (unpaired) electrons. The lowest BCUT2D eigenvalue weighted by Gasteiger charge is -2.21. The van der Waals surface area contributed by atoms with Crippen molar-refractivity contribution in [3.8, 4) is 5.75 Å². The average molecular weight is 519 g/mol. The van der Waals surface area contributed by atoms with Crippen LogP contribution in [0.4, 0.5) is 5.13 Å². The molecule has 8 heteroatoms. The maximum atomic E-state index is 13.4. The fourth-order valence-corrected chi connectivity index (χ4v) is 6.42. The molecule has 0 spiro atoms. The molecule has 1 atom stereocenters. The highest BCUT2D eigenvalue weighted by atomic mass is 32.1. The van der Waals surface area contributed by atoms with Gasteiger partial charge >= 0.3 is 5.91 Å². The van der Waals surface area contributed by atoms with Crippen LogP contribution in [0.15, 0.2) is 59.5 Å². The van der Waals surface area contributed by atoms with Gasteiger partial charge in [-0.3, -0.25) is 14.5 Å². The van der Waals surface area contributed by atoms with Crippen LogP contribution < -0.4 is 9.64 Å². The number of hydrogen-bond donors (Lipinski definition) is 1. The van der Waals surface area contributed by atoms with Crippen LogP contribution in [0, 0.1) is 13.8 Å². The number of anilines is 1. The fraction of sp³-hybridized carbons (Fsp3) is 0.250. The minimum atomic E-state index is -0.767. The summed E-state index contributed by atoms with van der Waals surface area (Å²) in [7, 11) is 0. The monoisotopic (exact) mass is 518 g/mol. The van der Waals surface area contributed by atoms with Crippen LogP contribution in [-0.4, -0.2) is 28.4 Å². The number of nitrogens with zero attached hydrogens (tertiary/aromatic N) is 2. The van der Waals surface area contributed by atoms with Crippen molar-refractivity contribution in [2.45, 2.75) is 39.7 Å². The van der Waals surface area contributed by atoms with Gasteiger partial charge in [0.2, 0.25) is 0 Å². The van der Waals surface area contributed by atoms with E-state index in [4.69, 9.17) is 9.72 Å². The summed E-state index contributed by atoms with van der Waals surface area (Å²) < 4.78 is 6.74. The first kappa shape index (κ1) is 24.2. The van der Waals surface area contributed by atoms with Crippen LogP contribution in [0.1, 0.15) is 47.4 Å². The first-order chi connectivity index (χ1) is 17.4. The van der Waals surface area contributed by atoms with Crippen molar-refractivity contribution in [1.29, 1.82) is 0 Å². The van der Waals surface area contributed by atoms with Gasteiger partial charge in [-0.1, -0.05) is 48.9 Å². The van der Waals surface area contributed by atoms with Crippen LogP contribution >= 0.6 is 22.7 Å². The van der Waals surface area contributed by atoms with Crippen LogP contribution in [0.2, 0.25) is 0 Å². The third-order valence-electron chi connectivity index (χ3n) is 6.16. The Labute approximate surface area is 217 Å². The van der Waals surface area contributed by atoms with E-state index in [1.165, 1.54) is 27.6 Å². The van der Waals surface area contributed by atoms with E-state index in [2.05, 4.69) is 6.92 Å². The van der Waals surface area contributed by atoms with E-state index >= 15 is 0 Å². The van der Waals surface area contributed by atoms with Gasteiger partial charge in [0.1, 0.15) is 17.6 Å². The molecule has 1 aliphatic heterocycles. The van der Waals surface area contributed by atoms with Crippen molar-refractivity contribution < 1.29 is 19.4 Å². The molecule has 6 nitrogen and oxygen atoms in total. The molecule has 1 fully saturated rings. The van der Waals surface area contributed by atoms with Crippen molar-refractivity contribution in [2.75, 3.05) is 11.5 Å². The molecule has 1 N–H and O–H groups in total. The summed E-state index contributed by atoms with van der Waals surface area (Å²) in [5.41, 5.74) is 3.41. The summed E-state index contributed by atoms with van der Waals surface area (Å²) in [6, 6.07) is 14.0. The van der Waals surface area contributed by atoms with Crippen molar-refractivity contribution in [3.63, 3.8) is 0 Å². The predicted molar refractivity (Wildman–Crippen MR) is 145 cm³/mol. The Morgan fingerprint density at radius 1 is 1.14 bits per heavy atom. The van der Waals surface area contributed by atoms with Gasteiger partial charge in [0, 0.05) is 10.4 Å². The number of aryl methyl sites for hydroxylation is 2. The molecule has 0 bridgehead atoms. The van der Waals surface area contributed by atoms with Gasteiger partial charge in [-0.25, -0.2) is 4.98 Å². The molecule has 1 unspecified atom stereocenters. The number of rotatable bonds is 7. The number of fused-ring (bicyclic) bond motifs is 1. The quantitative estimate of drug-likeness (QED) is 0.126. The van der Waals surface area contributed by atoms with E-state index in [9.17, 15) is 14.7 Å². The van der Waals surface area contributed by atoms with Gasteiger partial charge in [-0.05, 0) is 61.0 Å². The predicted octanol–water partition coefficient (Wildman–Crippen LogP) is 6.78. The average Bonchev–Trinajstić information content (AvgIpc) is 3.58. The number of Topliss-reactive ketones (excluding diaryl/α,β-unsaturated/α-hetero) is 1. The first-order valence-electron chi connectivity index (χ1n) is 11.8. The standard InChI is InChI=1S/C28H26N2O4S2/c1-4-5-11-34-19-9-6-8-18(15-19)25(31)22-24(20-10-7-12-35-20)30(27(33)26(22)32)28-29-23-17(3)13-16(2)14-21(23)36-28/h6-10,12-15,24,31H,4-5,11H2,1-3H3. The number of carbonyl (C=O) groups excluding carboxylic acids is 2. The lowest BCUT2D eigenvalue weighted by Crippen LogP contribution is -2.28. The number of thiophene rings is 1. The minimum Gasteiger partial charge on any atom is -0.507 e. The first-order valence-corrected chi connectivity index (χ1v) is 13.5. The highest BCUT2D eigenvalue weighted by Crippen LogP contribution is 2.46. The Morgan fingerprint density at radius 2 is 1.97 bits per heavy atom. The van der Waals surface area contributed by atoms with Crippen molar-refractivity contribution in [1.82, 2.24) is 4.98 Å². The Bertz CT molecular complexity index is 1490. The zero-order valence-electron chi connectivity index (χ0n) is 20.3. The van der Waals surface area contributed by atoms with Crippen molar-refractivity contribution in [2.24, 2.45) is 0 Å². The molecule has 3 heterocycles. The molecule has 1 saturated heterocycles. The summed E-state index contributed by atoms with van der Waals surface area (Å²) in [6.07, 6.45) is 1.93. The van der Waals surface area contributed by atoms with E-state index in [0.29, 0.717) is 23.1 Å². The number of aromatic nitrogens is 1. The smallest absolute Gasteiger partial charge is 0.301 e. The molecule has 36 heavy (non-hydrogen) atoms. The molecular weight excluding hydrogens is 492 g/mol. The molecule has 1 aliphatic rings. The number of ketones is 1. The highest BCUT2D eigenvalue weighted by Gasteiger charge is 2.48. The molecule has 2 aromatic carbocycles. The van der Waals surface area contributed by atoms with Gasteiger partial charge in [0.25, 0.3) is 5.78 Å². The van der Waals surface area contributed by atoms with Crippen molar-refractivity contribution >= 4 is 55.5 Å². The molecule has 0 saturated carbocycles. The van der Waals surface area contributed by atoms with E-state index in [1.54, 1.807) is 18.2 Å². The third-order valence-corrected chi connectivity index (χ3v) is 8.08. The van der Waals surface area contributed by atoms with E-state index in [1.807, 2.05) is 49.6 Å². The lowest BCUT2D eigenvalue weighted by atomic mass is 10.00. The van der Waals surface area contributed by atoms with Crippen LogP contribution in [0.5, 0.6) is 5.75 Å². The summed E-state index contributed by atoms with van der Waals surface area (Å²) in [5, 5.41) is 13.7. The fourth-order valence-electron chi connectivity index (χ4n) is 4.43. The number of thiazole rings is 1. The van der Waals surface area contributed by atoms with Crippen LogP contribution in [0.25, 0.3) is 16.0 Å². The largest absolute Gasteiger partial charge is 0.507 e. The van der Waals surface area contributed by atoms with Gasteiger partial charge in [0.15, 0.2) is 5.13 Å². The molecule has 1 amide bonds. The molecule has 2 aromatic heterocycles. The van der Waals surface area contributed by atoms with E-state index in [0.717, 1.165) is 39.1 Å². The Morgan fingerprint density at radius 3 is 2.72 bits per heavy atom. The highest BCUT2D eigenvalue weighted by molar-refractivity contribution is 7.22. The number of aliphatic hydroxyl groups excluding tert-OH is 1. The number of ether oxygens (including phenoxy) is 1. The second-order valence-electron chi connectivity index (χ2n) is 8.84. The Kier molecular flexibility index (Phi) is 6.64. The zero-order chi connectivity index (χ0) is 25.4. The third kappa shape index (κ3) is 4.31. The zero-order valence-corrected chi connectivity index (χ0v) is 21.9. The van der Waals surface area contributed by atoms with Gasteiger partial charge in [-0.15, -0.1) is 11.3 Å².